The number of aliphatic hydroxyl groups is 1. The van der Waals surface area contributed by atoms with E-state index >= 15 is 0 Å². The van der Waals surface area contributed by atoms with Gasteiger partial charge in [-0.1, -0.05) is 36.3 Å². The van der Waals surface area contributed by atoms with Crippen LogP contribution in [0, 0.1) is 18.9 Å². The molecule has 2 aromatic rings. The second-order valence-electron chi connectivity index (χ2n) is 7.00. The Bertz CT molecular complexity index is 915. The molecule has 2 atom stereocenters. The molecule has 3 rings (SSSR count). The molecule has 2 unspecified atom stereocenters. The molecular formula is C27H32F3KNO5-. The van der Waals surface area contributed by atoms with Gasteiger partial charge in [0.1, 0.15) is 13.6 Å². The number of allylic oxidation sites excluding steroid dienone is 1. The molecule has 1 aliphatic rings. The second-order valence-corrected chi connectivity index (χ2v) is 7.00. The van der Waals surface area contributed by atoms with Gasteiger partial charge in [0.15, 0.2) is 0 Å². The molecule has 0 aromatic heterocycles. The van der Waals surface area contributed by atoms with Crippen molar-refractivity contribution in [3.05, 3.63) is 71.8 Å². The monoisotopic (exact) mass is 546 g/mol. The maximum atomic E-state index is 10.4. The fraction of sp³-hybridized carbons (Fsp3) is 0.333. The number of hydrogen-bond acceptors (Lipinski definition) is 6. The molecule has 0 amide bonds. The Balaban J connectivity index is -0.000000511. The third-order valence-electron chi connectivity index (χ3n) is 4.05. The van der Waals surface area contributed by atoms with E-state index in [-0.39, 0.29) is 64.2 Å². The minimum Gasteiger partial charge on any atom is -0.551 e. The van der Waals surface area contributed by atoms with Crippen LogP contribution in [-0.4, -0.2) is 50.1 Å². The van der Waals surface area contributed by atoms with Gasteiger partial charge in [-0.3, -0.25) is 11.3 Å². The standard InChI is InChI=1S/C16H16NO.C7H9O2.C2H3F3.2CH2O.K/c1-3-18-16-10-5-4-8-14(16)12-17-15-9-6-7-13(2)11-15;8-5-6-3-1-2-4-7(6)9;1-2(3,4)5;2*1-2;/h4,6-12H,3H2,1-2H3;2,4,6-7,9H,1,3H2;1H3;2*1H2;/q2*-1;;;;+1. The van der Waals surface area contributed by atoms with Gasteiger partial charge in [0.25, 0.3) is 0 Å². The van der Waals surface area contributed by atoms with E-state index in [4.69, 9.17) is 19.4 Å². The third-order valence-corrected chi connectivity index (χ3v) is 4.05. The van der Waals surface area contributed by atoms with Crippen molar-refractivity contribution in [2.24, 2.45) is 10.9 Å². The van der Waals surface area contributed by atoms with Crippen LogP contribution in [0.1, 0.15) is 37.8 Å². The number of hydrogen-bond donors (Lipinski definition) is 1. The van der Waals surface area contributed by atoms with Gasteiger partial charge in [-0.25, -0.2) is 0 Å². The first kappa shape index (κ1) is 39.6. The van der Waals surface area contributed by atoms with Gasteiger partial charge in [-0.2, -0.15) is 31.4 Å². The van der Waals surface area contributed by atoms with Crippen LogP contribution in [0.25, 0.3) is 0 Å². The molecule has 0 radical (unpaired) electrons. The van der Waals surface area contributed by atoms with Crippen LogP contribution < -0.4 is 56.1 Å². The number of alkyl halides is 3. The summed E-state index contributed by atoms with van der Waals surface area (Å²) in [5.74, 6) is 0.534. The number of carbonyl (C=O) groups is 2. The largest absolute Gasteiger partial charge is 1.00 e. The first-order valence-corrected chi connectivity index (χ1v) is 10.7. The van der Waals surface area contributed by atoms with Crippen molar-refractivity contribution >= 4 is 31.8 Å². The van der Waals surface area contributed by atoms with Gasteiger partial charge in [0, 0.05) is 18.9 Å². The number of carbonyl (C=O) groups excluding carboxylic acids is 3. The van der Waals surface area contributed by atoms with Gasteiger partial charge >= 0.3 is 57.6 Å². The van der Waals surface area contributed by atoms with Crippen molar-refractivity contribution in [3.8, 4) is 5.75 Å². The Hall–Kier alpha value is -1.95. The zero-order chi connectivity index (χ0) is 28.0. The van der Waals surface area contributed by atoms with E-state index in [9.17, 15) is 18.0 Å². The van der Waals surface area contributed by atoms with Crippen LogP contribution in [0.4, 0.5) is 18.9 Å². The molecule has 1 aliphatic carbocycles. The summed E-state index contributed by atoms with van der Waals surface area (Å²) < 4.78 is 36.6. The quantitative estimate of drug-likeness (QED) is 0.269. The average Bonchev–Trinajstić information content (AvgIpc) is 2.86. The fourth-order valence-corrected chi connectivity index (χ4v) is 2.61. The summed E-state index contributed by atoms with van der Waals surface area (Å²) in [5.41, 5.74) is 3.12. The summed E-state index contributed by atoms with van der Waals surface area (Å²) in [4.78, 5) is 30.5. The normalized spacial score (nSPS) is 15.4. The number of aryl methyl sites for hydroxylation is 1. The minimum absolute atomic E-state index is 0. The van der Waals surface area contributed by atoms with E-state index < -0.39 is 12.3 Å². The van der Waals surface area contributed by atoms with Crippen molar-refractivity contribution in [1.29, 1.82) is 0 Å². The van der Waals surface area contributed by atoms with Crippen LogP contribution in [0.3, 0.4) is 0 Å². The summed E-state index contributed by atoms with van der Waals surface area (Å²) in [7, 11) is 0. The molecule has 10 heteroatoms. The van der Waals surface area contributed by atoms with E-state index in [2.05, 4.69) is 24.0 Å². The molecule has 0 aliphatic heterocycles. The smallest absolute Gasteiger partial charge is 0.551 e. The minimum atomic E-state index is -4.00. The van der Waals surface area contributed by atoms with E-state index in [1.807, 2.05) is 69.2 Å². The molecule has 0 saturated heterocycles. The Labute approximate surface area is 259 Å². The number of nitrogens with zero attached hydrogens (tertiary/aromatic N) is 1. The molecule has 1 N–H and O–H groups in total. The molecular weight excluding hydrogens is 514 g/mol. The van der Waals surface area contributed by atoms with E-state index in [0.717, 1.165) is 29.8 Å². The first-order chi connectivity index (χ1) is 17.1. The average molecular weight is 547 g/mol. The van der Waals surface area contributed by atoms with E-state index in [0.29, 0.717) is 6.61 Å². The van der Waals surface area contributed by atoms with Crippen LogP contribution >= 0.6 is 0 Å². The molecule has 6 nitrogen and oxygen atoms in total. The second kappa shape index (κ2) is 24.4. The van der Waals surface area contributed by atoms with Gasteiger partial charge in [0.05, 0.1) is 18.4 Å². The SMILES string of the molecule is C=O.C=O.CC(F)(F)F.CCOc1c[c-]ccc1C=Nc1cccc(C)c1.O=[C-]C1CCC=CC1O.[K+]. The zero-order valence-corrected chi connectivity index (χ0v) is 24.7. The van der Waals surface area contributed by atoms with E-state index in [1.165, 1.54) is 5.56 Å². The Morgan fingerprint density at radius 1 is 1.24 bits per heavy atom. The van der Waals surface area contributed by atoms with E-state index in [1.54, 1.807) is 12.4 Å². The molecule has 198 valence electrons. The topological polar surface area (TPSA) is 93.0 Å². The summed E-state index contributed by atoms with van der Waals surface area (Å²) in [5, 5.41) is 9.02. The molecule has 0 heterocycles. The summed E-state index contributed by atoms with van der Waals surface area (Å²) in [6.07, 6.45) is 4.20. The zero-order valence-electron chi connectivity index (χ0n) is 21.6. The van der Waals surface area contributed by atoms with Gasteiger partial charge in [-0.15, -0.1) is 12.0 Å². The van der Waals surface area contributed by atoms with Gasteiger partial charge in [-0.05, 0) is 38.0 Å². The van der Waals surface area contributed by atoms with Crippen molar-refractivity contribution in [3.63, 3.8) is 0 Å². The molecule has 37 heavy (non-hydrogen) atoms. The third kappa shape index (κ3) is 21.8. The summed E-state index contributed by atoms with van der Waals surface area (Å²) in [6.45, 7) is 8.85. The predicted octanol–water partition coefficient (Wildman–Crippen LogP) is 2.57. The summed E-state index contributed by atoms with van der Waals surface area (Å²) in [6, 6.07) is 16.7. The maximum Gasteiger partial charge on any atom is 1.00 e. The van der Waals surface area contributed by atoms with Crippen LogP contribution in [0.2, 0.25) is 0 Å². The number of benzene rings is 2. The van der Waals surface area contributed by atoms with Gasteiger partial charge in [0.2, 0.25) is 0 Å². The number of halogens is 3. The van der Waals surface area contributed by atoms with Crippen LogP contribution in [0.15, 0.2) is 59.6 Å². The first-order valence-electron chi connectivity index (χ1n) is 10.7. The van der Waals surface area contributed by atoms with Gasteiger partial charge < -0.3 is 24.2 Å². The number of ether oxygens (including phenoxy) is 1. The molecule has 2 aromatic carbocycles. The van der Waals surface area contributed by atoms with Crippen molar-refractivity contribution in [2.45, 2.75) is 45.9 Å². The number of aliphatic imine (C=N–C) groups is 1. The molecule has 0 fully saturated rings. The van der Waals surface area contributed by atoms with Crippen LogP contribution in [0.5, 0.6) is 5.75 Å². The maximum absolute atomic E-state index is 10.4. The van der Waals surface area contributed by atoms with Crippen molar-refractivity contribution < 1.29 is 88.8 Å². The van der Waals surface area contributed by atoms with Crippen molar-refractivity contribution in [1.82, 2.24) is 0 Å². The molecule has 0 saturated carbocycles. The fourth-order valence-electron chi connectivity index (χ4n) is 2.61. The molecule has 0 bridgehead atoms. The number of rotatable bonds is 5. The Morgan fingerprint density at radius 2 is 1.86 bits per heavy atom. The molecule has 0 spiro atoms. The van der Waals surface area contributed by atoms with Crippen LogP contribution in [-0.2, 0) is 14.4 Å². The van der Waals surface area contributed by atoms with Crippen molar-refractivity contribution in [2.75, 3.05) is 6.61 Å². The predicted molar refractivity (Wildman–Crippen MR) is 134 cm³/mol. The Kier molecular flexibility index (Phi) is 26.1. The summed E-state index contributed by atoms with van der Waals surface area (Å²) >= 11 is 0. The Morgan fingerprint density at radius 3 is 2.35 bits per heavy atom. The number of aliphatic hydroxyl groups excluding tert-OH is 1.